The van der Waals surface area contributed by atoms with Crippen LogP contribution in [-0.2, 0) is 4.74 Å². The molecule has 0 spiro atoms. The molecule has 1 amide bonds. The quantitative estimate of drug-likeness (QED) is 0.836. The number of carbonyl (C=O) groups excluding carboxylic acids is 1. The second-order valence-corrected chi connectivity index (χ2v) is 6.23. The lowest BCUT2D eigenvalue weighted by Crippen LogP contribution is -2.46. The van der Waals surface area contributed by atoms with E-state index in [4.69, 9.17) is 16.3 Å². The molecular weight excluding hydrogens is 281 g/mol. The van der Waals surface area contributed by atoms with Gasteiger partial charge in [-0.05, 0) is 44.9 Å². The van der Waals surface area contributed by atoms with Gasteiger partial charge in [0.15, 0.2) is 0 Å². The van der Waals surface area contributed by atoms with Crippen LogP contribution in [0.1, 0.15) is 37.0 Å². The van der Waals surface area contributed by atoms with Crippen molar-refractivity contribution in [2.75, 3.05) is 13.7 Å². The third-order valence-corrected chi connectivity index (χ3v) is 3.93. The number of amides is 1. The van der Waals surface area contributed by atoms with Gasteiger partial charge in [-0.1, -0.05) is 11.6 Å². The Labute approximate surface area is 123 Å². The van der Waals surface area contributed by atoms with Crippen LogP contribution >= 0.6 is 11.6 Å². The zero-order valence-electron chi connectivity index (χ0n) is 12.0. The largest absolute Gasteiger partial charge is 0.375 e. The molecule has 0 aromatic heterocycles. The number of carbonyl (C=O) groups is 1. The second kappa shape index (κ2) is 5.70. The molecule has 1 saturated heterocycles. The molecule has 1 atom stereocenters. The van der Waals surface area contributed by atoms with Crippen molar-refractivity contribution in [3.8, 4) is 0 Å². The third kappa shape index (κ3) is 3.30. The van der Waals surface area contributed by atoms with Crippen LogP contribution in [0.2, 0.25) is 5.02 Å². The van der Waals surface area contributed by atoms with E-state index in [-0.39, 0.29) is 23.1 Å². The minimum Gasteiger partial charge on any atom is -0.375 e. The van der Waals surface area contributed by atoms with E-state index in [9.17, 15) is 9.18 Å². The SMILES string of the molecule is CN(C(=O)c1cc(Cl)ccc1F)C1CCOC(C)(C)C1. The lowest BCUT2D eigenvalue weighted by atomic mass is 9.92. The van der Waals surface area contributed by atoms with E-state index in [0.29, 0.717) is 11.6 Å². The van der Waals surface area contributed by atoms with Crippen molar-refractivity contribution in [3.63, 3.8) is 0 Å². The van der Waals surface area contributed by atoms with E-state index in [0.717, 1.165) is 12.8 Å². The van der Waals surface area contributed by atoms with Gasteiger partial charge in [-0.3, -0.25) is 4.79 Å². The minimum atomic E-state index is -0.544. The summed E-state index contributed by atoms with van der Waals surface area (Å²) in [5.41, 5.74) is -0.242. The number of hydrogen-bond acceptors (Lipinski definition) is 2. The highest BCUT2D eigenvalue weighted by Gasteiger charge is 2.33. The summed E-state index contributed by atoms with van der Waals surface area (Å²) in [5, 5.41) is 0.357. The number of benzene rings is 1. The monoisotopic (exact) mass is 299 g/mol. The molecular formula is C15H19ClFNO2. The van der Waals surface area contributed by atoms with Gasteiger partial charge >= 0.3 is 0 Å². The summed E-state index contributed by atoms with van der Waals surface area (Å²) >= 11 is 5.84. The van der Waals surface area contributed by atoms with Crippen LogP contribution in [0, 0.1) is 5.82 Å². The van der Waals surface area contributed by atoms with Gasteiger partial charge in [0.2, 0.25) is 0 Å². The maximum absolute atomic E-state index is 13.8. The predicted molar refractivity (Wildman–Crippen MR) is 76.6 cm³/mol. The fourth-order valence-corrected chi connectivity index (χ4v) is 2.72. The normalized spacial score (nSPS) is 21.6. The summed E-state index contributed by atoms with van der Waals surface area (Å²) in [5.74, 6) is -0.884. The van der Waals surface area contributed by atoms with Gasteiger partial charge in [-0.2, -0.15) is 0 Å². The molecule has 3 nitrogen and oxygen atoms in total. The summed E-state index contributed by atoms with van der Waals surface area (Å²) in [6, 6.07) is 4.08. The molecule has 2 rings (SSSR count). The molecule has 1 aliphatic heterocycles. The molecule has 1 unspecified atom stereocenters. The molecule has 1 heterocycles. The number of halogens is 2. The van der Waals surface area contributed by atoms with E-state index < -0.39 is 5.82 Å². The number of rotatable bonds is 2. The summed E-state index contributed by atoms with van der Waals surface area (Å²) in [4.78, 5) is 14.0. The Hall–Kier alpha value is -1.13. The predicted octanol–water partition coefficient (Wildman–Crippen LogP) is 3.51. The summed E-state index contributed by atoms with van der Waals surface area (Å²) in [7, 11) is 1.70. The van der Waals surface area contributed by atoms with Gasteiger partial charge in [0.25, 0.3) is 5.91 Å². The highest BCUT2D eigenvalue weighted by molar-refractivity contribution is 6.31. The molecule has 0 saturated carbocycles. The maximum Gasteiger partial charge on any atom is 0.256 e. The van der Waals surface area contributed by atoms with Crippen molar-refractivity contribution in [1.29, 1.82) is 0 Å². The molecule has 1 aromatic carbocycles. The van der Waals surface area contributed by atoms with Gasteiger partial charge in [0, 0.05) is 24.7 Å². The van der Waals surface area contributed by atoms with Crippen LogP contribution in [0.4, 0.5) is 4.39 Å². The van der Waals surface area contributed by atoms with Gasteiger partial charge in [-0.25, -0.2) is 4.39 Å². The molecule has 5 heteroatoms. The van der Waals surface area contributed by atoms with Crippen LogP contribution in [0.15, 0.2) is 18.2 Å². The third-order valence-electron chi connectivity index (χ3n) is 3.70. The van der Waals surface area contributed by atoms with Gasteiger partial charge < -0.3 is 9.64 Å². The molecule has 0 N–H and O–H groups in total. The molecule has 1 aliphatic rings. The van der Waals surface area contributed by atoms with Crippen LogP contribution in [0.25, 0.3) is 0 Å². The lowest BCUT2D eigenvalue weighted by molar-refractivity contribution is -0.0756. The average molecular weight is 300 g/mol. The molecule has 20 heavy (non-hydrogen) atoms. The Kier molecular flexibility index (Phi) is 4.35. The van der Waals surface area contributed by atoms with Crippen molar-refractivity contribution in [1.82, 2.24) is 4.90 Å². The fraction of sp³-hybridized carbons (Fsp3) is 0.533. The molecule has 0 bridgehead atoms. The van der Waals surface area contributed by atoms with Crippen molar-refractivity contribution >= 4 is 17.5 Å². The Bertz CT molecular complexity index is 519. The Morgan fingerprint density at radius 3 is 2.85 bits per heavy atom. The zero-order chi connectivity index (χ0) is 14.9. The van der Waals surface area contributed by atoms with E-state index in [1.165, 1.54) is 18.2 Å². The first kappa shape index (κ1) is 15.3. The van der Waals surface area contributed by atoms with Gasteiger partial charge in [0.1, 0.15) is 5.82 Å². The van der Waals surface area contributed by atoms with E-state index >= 15 is 0 Å². The highest BCUT2D eigenvalue weighted by atomic mass is 35.5. The van der Waals surface area contributed by atoms with Gasteiger partial charge in [-0.15, -0.1) is 0 Å². The van der Waals surface area contributed by atoms with Crippen LogP contribution in [-0.4, -0.2) is 36.1 Å². The van der Waals surface area contributed by atoms with E-state index in [1.807, 2.05) is 13.8 Å². The number of ether oxygens (including phenoxy) is 1. The Morgan fingerprint density at radius 1 is 1.50 bits per heavy atom. The molecule has 110 valence electrons. The van der Waals surface area contributed by atoms with Crippen LogP contribution < -0.4 is 0 Å². The second-order valence-electron chi connectivity index (χ2n) is 5.80. The molecule has 0 radical (unpaired) electrons. The van der Waals surface area contributed by atoms with Crippen molar-refractivity contribution in [2.45, 2.75) is 38.3 Å². The number of hydrogen-bond donors (Lipinski definition) is 0. The fourth-order valence-electron chi connectivity index (χ4n) is 2.55. The average Bonchev–Trinajstić information content (AvgIpc) is 2.38. The highest BCUT2D eigenvalue weighted by Crippen LogP contribution is 2.28. The van der Waals surface area contributed by atoms with Crippen LogP contribution in [0.3, 0.4) is 0 Å². The van der Waals surface area contributed by atoms with Crippen molar-refractivity contribution < 1.29 is 13.9 Å². The van der Waals surface area contributed by atoms with E-state index in [2.05, 4.69) is 0 Å². The van der Waals surface area contributed by atoms with Gasteiger partial charge in [0.05, 0.1) is 11.2 Å². The first-order chi connectivity index (χ1) is 9.30. The molecule has 1 aromatic rings. The first-order valence-corrected chi connectivity index (χ1v) is 7.04. The number of nitrogens with zero attached hydrogens (tertiary/aromatic N) is 1. The molecule has 1 fully saturated rings. The first-order valence-electron chi connectivity index (χ1n) is 6.66. The smallest absolute Gasteiger partial charge is 0.256 e. The molecule has 0 aliphatic carbocycles. The summed E-state index contributed by atoms with van der Waals surface area (Å²) in [6.07, 6.45) is 1.49. The van der Waals surface area contributed by atoms with Crippen LogP contribution in [0.5, 0.6) is 0 Å². The standard InChI is InChI=1S/C15H19ClFNO2/c1-15(2)9-11(6-7-20-15)18(3)14(19)12-8-10(16)4-5-13(12)17/h4-5,8,11H,6-7,9H2,1-3H3. The Balaban J connectivity index is 2.18. The summed E-state index contributed by atoms with van der Waals surface area (Å²) < 4.78 is 19.4. The van der Waals surface area contributed by atoms with Crippen molar-refractivity contribution in [2.24, 2.45) is 0 Å². The Morgan fingerprint density at radius 2 is 2.20 bits per heavy atom. The lowest BCUT2D eigenvalue weighted by Gasteiger charge is -2.39. The maximum atomic E-state index is 13.8. The van der Waals surface area contributed by atoms with Crippen molar-refractivity contribution in [3.05, 3.63) is 34.6 Å². The summed E-state index contributed by atoms with van der Waals surface area (Å²) in [6.45, 7) is 4.60. The topological polar surface area (TPSA) is 29.5 Å². The minimum absolute atomic E-state index is 0.0179. The van der Waals surface area contributed by atoms with E-state index in [1.54, 1.807) is 11.9 Å². The zero-order valence-corrected chi connectivity index (χ0v) is 12.7.